The van der Waals surface area contributed by atoms with E-state index in [4.69, 9.17) is 4.74 Å². The third-order valence-corrected chi connectivity index (χ3v) is 3.03. The lowest BCUT2D eigenvalue weighted by Gasteiger charge is -2.13. The molecule has 0 aliphatic heterocycles. The van der Waals surface area contributed by atoms with Crippen LogP contribution in [0.15, 0.2) is 40.9 Å². The summed E-state index contributed by atoms with van der Waals surface area (Å²) in [7, 11) is 0. The molecule has 0 spiro atoms. The van der Waals surface area contributed by atoms with Crippen molar-refractivity contribution in [1.29, 1.82) is 0 Å². The van der Waals surface area contributed by atoms with Crippen LogP contribution in [0, 0.1) is 11.6 Å². The van der Waals surface area contributed by atoms with Crippen LogP contribution in [0.1, 0.15) is 18.6 Å². The topological polar surface area (TPSA) is 29.5 Å². The largest absolute Gasteiger partial charge is 0.454 e. The van der Waals surface area contributed by atoms with Gasteiger partial charge in [-0.15, -0.1) is 0 Å². The van der Waals surface area contributed by atoms with Crippen molar-refractivity contribution < 1.29 is 18.6 Å². The van der Waals surface area contributed by atoms with Gasteiger partial charge in [-0.05, 0) is 43.3 Å². The van der Waals surface area contributed by atoms with E-state index in [0.717, 1.165) is 6.07 Å². The SMILES string of the molecule is C[C@@H](O)c1cc(F)ccc1Oc1cc(Br)ccc1F. The van der Waals surface area contributed by atoms with Crippen molar-refractivity contribution in [1.82, 2.24) is 0 Å². The number of rotatable bonds is 3. The Balaban J connectivity index is 2.40. The molecule has 2 aromatic rings. The van der Waals surface area contributed by atoms with Crippen LogP contribution in [0.2, 0.25) is 0 Å². The maximum atomic E-state index is 13.6. The van der Waals surface area contributed by atoms with Gasteiger partial charge >= 0.3 is 0 Å². The number of hydrogen-bond acceptors (Lipinski definition) is 2. The van der Waals surface area contributed by atoms with Crippen LogP contribution in [-0.2, 0) is 0 Å². The van der Waals surface area contributed by atoms with Crippen molar-refractivity contribution in [2.24, 2.45) is 0 Å². The molecule has 0 amide bonds. The van der Waals surface area contributed by atoms with Crippen LogP contribution in [0.5, 0.6) is 11.5 Å². The summed E-state index contributed by atoms with van der Waals surface area (Å²) in [6.07, 6.45) is -0.916. The Morgan fingerprint density at radius 3 is 2.53 bits per heavy atom. The molecule has 1 atom stereocenters. The highest BCUT2D eigenvalue weighted by Gasteiger charge is 2.13. The van der Waals surface area contributed by atoms with Crippen LogP contribution < -0.4 is 4.74 Å². The Morgan fingerprint density at radius 1 is 1.11 bits per heavy atom. The first-order valence-corrected chi connectivity index (χ1v) is 6.37. The summed E-state index contributed by atoms with van der Waals surface area (Å²) in [6, 6.07) is 7.97. The molecule has 0 fully saturated rings. The summed E-state index contributed by atoms with van der Waals surface area (Å²) in [6.45, 7) is 1.49. The maximum absolute atomic E-state index is 13.6. The molecule has 5 heteroatoms. The highest BCUT2D eigenvalue weighted by atomic mass is 79.9. The molecule has 0 bridgehead atoms. The Kier molecular flexibility index (Phi) is 4.17. The lowest BCUT2D eigenvalue weighted by atomic mass is 10.1. The van der Waals surface area contributed by atoms with E-state index in [0.29, 0.717) is 4.47 Å². The number of benzene rings is 2. The maximum Gasteiger partial charge on any atom is 0.165 e. The first kappa shape index (κ1) is 14.0. The third kappa shape index (κ3) is 3.30. The molecule has 0 saturated heterocycles. The van der Waals surface area contributed by atoms with Crippen molar-refractivity contribution in [3.8, 4) is 11.5 Å². The Bertz CT molecular complexity index is 600. The van der Waals surface area contributed by atoms with Gasteiger partial charge in [0.25, 0.3) is 0 Å². The molecule has 0 aliphatic carbocycles. The average Bonchev–Trinajstić information content (AvgIpc) is 2.35. The Labute approximate surface area is 117 Å². The molecule has 100 valence electrons. The summed E-state index contributed by atoms with van der Waals surface area (Å²) in [5, 5.41) is 9.58. The molecule has 19 heavy (non-hydrogen) atoms. The summed E-state index contributed by atoms with van der Waals surface area (Å²) >= 11 is 3.21. The summed E-state index contributed by atoms with van der Waals surface area (Å²) in [5.41, 5.74) is 0.263. The monoisotopic (exact) mass is 328 g/mol. The van der Waals surface area contributed by atoms with Crippen molar-refractivity contribution >= 4 is 15.9 Å². The zero-order valence-corrected chi connectivity index (χ0v) is 11.6. The normalized spacial score (nSPS) is 12.3. The molecule has 0 aliphatic rings. The van der Waals surface area contributed by atoms with Gasteiger partial charge in [-0.1, -0.05) is 15.9 Å². The summed E-state index contributed by atoms with van der Waals surface area (Å²) < 4.78 is 32.8. The number of halogens is 3. The second-order valence-corrected chi connectivity index (χ2v) is 4.95. The number of aliphatic hydroxyl groups is 1. The van der Waals surface area contributed by atoms with E-state index >= 15 is 0 Å². The van der Waals surface area contributed by atoms with Crippen LogP contribution in [0.25, 0.3) is 0 Å². The molecular formula is C14H11BrF2O2. The fourth-order valence-electron chi connectivity index (χ4n) is 1.61. The van der Waals surface area contributed by atoms with Crippen LogP contribution in [0.3, 0.4) is 0 Å². The van der Waals surface area contributed by atoms with E-state index in [-0.39, 0.29) is 17.1 Å². The zero-order chi connectivity index (χ0) is 14.0. The van der Waals surface area contributed by atoms with Gasteiger partial charge < -0.3 is 9.84 Å². The van der Waals surface area contributed by atoms with Crippen molar-refractivity contribution in [3.63, 3.8) is 0 Å². The van der Waals surface area contributed by atoms with Crippen LogP contribution >= 0.6 is 15.9 Å². The van der Waals surface area contributed by atoms with E-state index < -0.39 is 17.7 Å². The van der Waals surface area contributed by atoms with Gasteiger partial charge in [0.15, 0.2) is 11.6 Å². The molecule has 1 N–H and O–H groups in total. The minimum absolute atomic E-state index is 0.00267. The second kappa shape index (κ2) is 5.67. The molecule has 2 rings (SSSR count). The second-order valence-electron chi connectivity index (χ2n) is 4.03. The summed E-state index contributed by atoms with van der Waals surface area (Å²) in [4.78, 5) is 0. The minimum Gasteiger partial charge on any atom is -0.454 e. The average molecular weight is 329 g/mol. The lowest BCUT2D eigenvalue weighted by Crippen LogP contribution is -1.98. The van der Waals surface area contributed by atoms with Crippen LogP contribution in [-0.4, -0.2) is 5.11 Å². The highest BCUT2D eigenvalue weighted by molar-refractivity contribution is 9.10. The van der Waals surface area contributed by atoms with Gasteiger partial charge in [-0.2, -0.15) is 0 Å². The van der Waals surface area contributed by atoms with Gasteiger partial charge in [0.2, 0.25) is 0 Å². The molecule has 0 saturated carbocycles. The molecule has 0 radical (unpaired) electrons. The minimum atomic E-state index is -0.916. The number of hydrogen-bond donors (Lipinski definition) is 1. The van der Waals surface area contributed by atoms with E-state index in [9.17, 15) is 13.9 Å². The van der Waals surface area contributed by atoms with Crippen molar-refractivity contribution in [2.45, 2.75) is 13.0 Å². The van der Waals surface area contributed by atoms with Gasteiger partial charge in [0, 0.05) is 10.0 Å². The number of ether oxygens (including phenoxy) is 1. The third-order valence-electron chi connectivity index (χ3n) is 2.54. The molecule has 2 nitrogen and oxygen atoms in total. The van der Waals surface area contributed by atoms with E-state index in [1.54, 1.807) is 6.07 Å². The zero-order valence-electron chi connectivity index (χ0n) is 10.0. The van der Waals surface area contributed by atoms with Crippen LogP contribution in [0.4, 0.5) is 8.78 Å². The van der Waals surface area contributed by atoms with E-state index in [1.807, 2.05) is 0 Å². The predicted octanol–water partition coefficient (Wildman–Crippen LogP) is 4.57. The molecule has 0 unspecified atom stereocenters. The van der Waals surface area contributed by atoms with E-state index in [1.165, 1.54) is 31.2 Å². The van der Waals surface area contributed by atoms with E-state index in [2.05, 4.69) is 15.9 Å². The fraction of sp³-hybridized carbons (Fsp3) is 0.143. The quantitative estimate of drug-likeness (QED) is 0.894. The summed E-state index contributed by atoms with van der Waals surface area (Å²) in [5.74, 6) is -0.807. The number of aliphatic hydroxyl groups excluding tert-OH is 1. The fourth-order valence-corrected chi connectivity index (χ4v) is 1.95. The predicted molar refractivity (Wildman–Crippen MR) is 71.2 cm³/mol. The van der Waals surface area contributed by atoms with Gasteiger partial charge in [-0.3, -0.25) is 0 Å². The Morgan fingerprint density at radius 2 is 1.84 bits per heavy atom. The molecular weight excluding hydrogens is 318 g/mol. The first-order valence-electron chi connectivity index (χ1n) is 5.58. The van der Waals surface area contributed by atoms with Crippen molar-refractivity contribution in [3.05, 3.63) is 58.1 Å². The van der Waals surface area contributed by atoms with Crippen molar-refractivity contribution in [2.75, 3.05) is 0 Å². The molecule has 2 aromatic carbocycles. The van der Waals surface area contributed by atoms with Gasteiger partial charge in [0.1, 0.15) is 11.6 Å². The van der Waals surface area contributed by atoms with Gasteiger partial charge in [-0.25, -0.2) is 8.78 Å². The Hall–Kier alpha value is -1.46. The first-order chi connectivity index (χ1) is 8.97. The molecule has 0 aromatic heterocycles. The lowest BCUT2D eigenvalue weighted by molar-refractivity contribution is 0.195. The highest BCUT2D eigenvalue weighted by Crippen LogP contribution is 2.32. The smallest absolute Gasteiger partial charge is 0.165 e. The molecule has 0 heterocycles. The standard InChI is InChI=1S/C14H11BrF2O2/c1-8(18)11-7-10(16)3-5-13(11)19-14-6-9(15)2-4-12(14)17/h2-8,18H,1H3/t8-/m1/s1. The van der Waals surface area contributed by atoms with Gasteiger partial charge in [0.05, 0.1) is 6.10 Å².